The van der Waals surface area contributed by atoms with E-state index in [4.69, 9.17) is 4.74 Å². The fraction of sp³-hybridized carbons (Fsp3) is 0.409. The third-order valence-electron chi connectivity index (χ3n) is 4.91. The zero-order chi connectivity index (χ0) is 19.2. The lowest BCUT2D eigenvalue weighted by Crippen LogP contribution is -2.39. The number of para-hydroxylation sites is 1. The van der Waals surface area contributed by atoms with E-state index in [0.29, 0.717) is 18.2 Å². The Hall–Kier alpha value is -2.69. The molecule has 5 nitrogen and oxygen atoms in total. The van der Waals surface area contributed by atoms with Gasteiger partial charge in [0.25, 0.3) is 5.91 Å². The molecule has 0 radical (unpaired) electrons. The molecule has 0 unspecified atom stereocenters. The molecule has 0 bridgehead atoms. The van der Waals surface area contributed by atoms with Crippen LogP contribution < -0.4 is 15.0 Å². The number of benzene rings is 2. The Bertz CT molecular complexity index is 753. The fourth-order valence-electron chi connectivity index (χ4n) is 3.46. The Kier molecular flexibility index (Phi) is 6.22. The van der Waals surface area contributed by atoms with Gasteiger partial charge in [-0.3, -0.25) is 4.79 Å². The van der Waals surface area contributed by atoms with E-state index in [0.717, 1.165) is 37.4 Å². The molecule has 0 aromatic heterocycles. The predicted molar refractivity (Wildman–Crippen MR) is 111 cm³/mol. The van der Waals surface area contributed by atoms with Crippen molar-refractivity contribution >= 4 is 17.3 Å². The van der Waals surface area contributed by atoms with Crippen LogP contribution in [0.3, 0.4) is 0 Å². The van der Waals surface area contributed by atoms with Crippen molar-refractivity contribution in [3.05, 3.63) is 54.1 Å². The predicted octanol–water partition coefficient (Wildman–Crippen LogP) is 3.87. The van der Waals surface area contributed by atoms with Gasteiger partial charge in [-0.2, -0.15) is 0 Å². The number of piperidine rings is 1. The van der Waals surface area contributed by atoms with Gasteiger partial charge < -0.3 is 19.9 Å². The van der Waals surface area contributed by atoms with Crippen LogP contribution in [0.15, 0.2) is 48.5 Å². The van der Waals surface area contributed by atoms with Crippen molar-refractivity contribution in [3.63, 3.8) is 0 Å². The first-order chi connectivity index (χ1) is 13.1. The smallest absolute Gasteiger partial charge is 0.253 e. The van der Waals surface area contributed by atoms with Gasteiger partial charge >= 0.3 is 0 Å². The van der Waals surface area contributed by atoms with Gasteiger partial charge in [-0.05, 0) is 50.1 Å². The van der Waals surface area contributed by atoms with Crippen LogP contribution in [0.2, 0.25) is 0 Å². The van der Waals surface area contributed by atoms with E-state index in [2.05, 4.69) is 40.5 Å². The highest BCUT2D eigenvalue weighted by Gasteiger charge is 2.21. The Morgan fingerprint density at radius 1 is 1.15 bits per heavy atom. The average molecular weight is 367 g/mol. The average Bonchev–Trinajstić information content (AvgIpc) is 2.70. The van der Waals surface area contributed by atoms with Gasteiger partial charge in [0.2, 0.25) is 0 Å². The molecule has 1 fully saturated rings. The molecule has 3 rings (SSSR count). The van der Waals surface area contributed by atoms with E-state index < -0.39 is 0 Å². The van der Waals surface area contributed by atoms with Crippen molar-refractivity contribution in [2.45, 2.75) is 25.8 Å². The first-order valence-corrected chi connectivity index (χ1v) is 9.63. The molecule has 1 aliphatic rings. The van der Waals surface area contributed by atoms with Crippen molar-refractivity contribution in [1.29, 1.82) is 0 Å². The molecule has 0 spiro atoms. The van der Waals surface area contributed by atoms with Crippen LogP contribution in [0.5, 0.6) is 5.75 Å². The second-order valence-corrected chi connectivity index (χ2v) is 7.08. The van der Waals surface area contributed by atoms with E-state index in [-0.39, 0.29) is 5.91 Å². The summed E-state index contributed by atoms with van der Waals surface area (Å²) in [7, 11) is 3.54. The largest absolute Gasteiger partial charge is 0.492 e. The second-order valence-electron chi connectivity index (χ2n) is 7.08. The molecular weight excluding hydrogens is 338 g/mol. The first-order valence-electron chi connectivity index (χ1n) is 9.63. The van der Waals surface area contributed by atoms with Crippen molar-refractivity contribution in [3.8, 4) is 5.75 Å². The highest BCUT2D eigenvalue weighted by Crippen LogP contribution is 2.29. The maximum absolute atomic E-state index is 12.3. The van der Waals surface area contributed by atoms with Crippen LogP contribution in [-0.2, 0) is 0 Å². The Labute approximate surface area is 161 Å². The summed E-state index contributed by atoms with van der Waals surface area (Å²) in [5, 5.41) is 3.62. The minimum atomic E-state index is -0.00000428. The Balaban J connectivity index is 1.69. The lowest BCUT2D eigenvalue weighted by molar-refractivity contribution is 0.0827. The molecule has 0 saturated carbocycles. The van der Waals surface area contributed by atoms with Crippen LogP contribution in [0.4, 0.5) is 11.4 Å². The molecule has 1 amide bonds. The van der Waals surface area contributed by atoms with Gasteiger partial charge in [-0.25, -0.2) is 0 Å². The summed E-state index contributed by atoms with van der Waals surface area (Å²) < 4.78 is 5.77. The normalized spacial score (nSPS) is 14.7. The minimum absolute atomic E-state index is 0.00000428. The second kappa shape index (κ2) is 8.80. The standard InChI is InChI=1S/C22H29N3O2/c1-4-27-21-11-10-17(22(26)24(2)3)16-20(21)23-18-12-14-25(15-13-18)19-8-6-5-7-9-19/h5-11,16,18,23H,4,12-15H2,1-3H3. The molecule has 1 N–H and O–H groups in total. The lowest BCUT2D eigenvalue weighted by atomic mass is 10.0. The molecular formula is C22H29N3O2. The van der Waals surface area contributed by atoms with Crippen LogP contribution in [0.1, 0.15) is 30.1 Å². The number of anilines is 2. The molecule has 5 heteroatoms. The number of carbonyl (C=O) groups is 1. The van der Waals surface area contributed by atoms with Crippen LogP contribution in [-0.4, -0.2) is 50.6 Å². The van der Waals surface area contributed by atoms with Gasteiger partial charge in [0.05, 0.1) is 12.3 Å². The number of hydrogen-bond donors (Lipinski definition) is 1. The summed E-state index contributed by atoms with van der Waals surface area (Å²) in [6.45, 7) is 4.60. The van der Waals surface area contributed by atoms with Gasteiger partial charge in [0.15, 0.2) is 0 Å². The summed E-state index contributed by atoms with van der Waals surface area (Å²) in [6.07, 6.45) is 2.10. The number of carbonyl (C=O) groups excluding carboxylic acids is 1. The van der Waals surface area contributed by atoms with E-state index in [1.165, 1.54) is 5.69 Å². The molecule has 27 heavy (non-hydrogen) atoms. The van der Waals surface area contributed by atoms with E-state index in [9.17, 15) is 4.79 Å². The van der Waals surface area contributed by atoms with Crippen molar-refractivity contribution < 1.29 is 9.53 Å². The topological polar surface area (TPSA) is 44.8 Å². The molecule has 0 aliphatic carbocycles. The maximum Gasteiger partial charge on any atom is 0.253 e. The summed E-state index contributed by atoms with van der Waals surface area (Å²) in [5.74, 6) is 0.804. The molecule has 2 aromatic carbocycles. The third kappa shape index (κ3) is 4.73. The number of rotatable bonds is 6. The van der Waals surface area contributed by atoms with Gasteiger partial charge in [0, 0.05) is 44.5 Å². The van der Waals surface area contributed by atoms with Gasteiger partial charge in [0.1, 0.15) is 5.75 Å². The summed E-state index contributed by atoms with van der Waals surface area (Å²) in [4.78, 5) is 16.3. The fourth-order valence-corrected chi connectivity index (χ4v) is 3.46. The zero-order valence-corrected chi connectivity index (χ0v) is 16.4. The maximum atomic E-state index is 12.3. The number of ether oxygens (including phenoxy) is 1. The van der Waals surface area contributed by atoms with Crippen molar-refractivity contribution in [1.82, 2.24) is 4.90 Å². The minimum Gasteiger partial charge on any atom is -0.492 e. The number of nitrogens with zero attached hydrogens (tertiary/aromatic N) is 2. The van der Waals surface area contributed by atoms with E-state index in [1.54, 1.807) is 19.0 Å². The van der Waals surface area contributed by atoms with Crippen molar-refractivity contribution in [2.75, 3.05) is 44.0 Å². The first kappa shape index (κ1) is 19.1. The van der Waals surface area contributed by atoms with Crippen molar-refractivity contribution in [2.24, 2.45) is 0 Å². The molecule has 1 saturated heterocycles. The third-order valence-corrected chi connectivity index (χ3v) is 4.91. The zero-order valence-electron chi connectivity index (χ0n) is 16.4. The SMILES string of the molecule is CCOc1ccc(C(=O)N(C)C)cc1NC1CCN(c2ccccc2)CC1. The summed E-state index contributed by atoms with van der Waals surface area (Å²) in [6, 6.07) is 16.6. The number of amides is 1. The molecule has 1 heterocycles. The number of nitrogens with one attached hydrogen (secondary N) is 1. The highest BCUT2D eigenvalue weighted by atomic mass is 16.5. The molecule has 0 atom stereocenters. The number of hydrogen-bond acceptors (Lipinski definition) is 4. The van der Waals surface area contributed by atoms with Crippen LogP contribution in [0, 0.1) is 0 Å². The monoisotopic (exact) mass is 367 g/mol. The van der Waals surface area contributed by atoms with E-state index in [1.807, 2.05) is 25.1 Å². The Morgan fingerprint density at radius 3 is 2.48 bits per heavy atom. The van der Waals surface area contributed by atoms with Crippen LogP contribution >= 0.6 is 0 Å². The molecule has 2 aromatic rings. The summed E-state index contributed by atoms with van der Waals surface area (Å²) in [5.41, 5.74) is 2.86. The summed E-state index contributed by atoms with van der Waals surface area (Å²) >= 11 is 0. The molecule has 1 aliphatic heterocycles. The van der Waals surface area contributed by atoms with Gasteiger partial charge in [-0.1, -0.05) is 18.2 Å². The molecule has 144 valence electrons. The van der Waals surface area contributed by atoms with E-state index >= 15 is 0 Å². The quantitative estimate of drug-likeness (QED) is 0.842. The van der Waals surface area contributed by atoms with Crippen LogP contribution in [0.25, 0.3) is 0 Å². The van der Waals surface area contributed by atoms with Gasteiger partial charge in [-0.15, -0.1) is 0 Å². The Morgan fingerprint density at radius 2 is 1.85 bits per heavy atom. The highest BCUT2D eigenvalue weighted by molar-refractivity contribution is 5.95. The lowest BCUT2D eigenvalue weighted by Gasteiger charge is -2.34.